The maximum Gasteiger partial charge on any atom is 0.266 e. The molecule has 2 N–H and O–H groups in total. The quantitative estimate of drug-likeness (QED) is 0.820. The van der Waals surface area contributed by atoms with Gasteiger partial charge in [-0.15, -0.1) is 0 Å². The summed E-state index contributed by atoms with van der Waals surface area (Å²) in [6, 6.07) is 3.83. The van der Waals surface area contributed by atoms with E-state index in [0.29, 0.717) is 0 Å². The number of halogens is 1. The lowest BCUT2D eigenvalue weighted by molar-refractivity contribution is -0.110. The number of rotatable bonds is 2. The molecular formula is C12H14BrN3O. The van der Waals surface area contributed by atoms with E-state index >= 15 is 0 Å². The molecule has 17 heavy (non-hydrogen) atoms. The molecule has 1 heterocycles. The first kappa shape index (κ1) is 12.3. The van der Waals surface area contributed by atoms with Gasteiger partial charge in [-0.1, -0.05) is 15.9 Å². The van der Waals surface area contributed by atoms with Gasteiger partial charge in [0.25, 0.3) is 5.91 Å². The van der Waals surface area contributed by atoms with Gasteiger partial charge in [-0.25, -0.2) is 0 Å². The highest BCUT2D eigenvalue weighted by molar-refractivity contribution is 9.10. The molecule has 0 atom stereocenters. The Hall–Kier alpha value is -1.20. The fourth-order valence-corrected chi connectivity index (χ4v) is 2.62. The summed E-state index contributed by atoms with van der Waals surface area (Å²) in [6.07, 6.45) is 1.77. The zero-order chi connectivity index (χ0) is 12.4. The molecule has 0 saturated heterocycles. The van der Waals surface area contributed by atoms with Gasteiger partial charge in [-0.2, -0.15) is 0 Å². The number of carbonyl (C=O) groups is 1. The van der Waals surface area contributed by atoms with E-state index in [-0.39, 0.29) is 5.91 Å². The summed E-state index contributed by atoms with van der Waals surface area (Å²) < 4.78 is 1.09. The van der Waals surface area contributed by atoms with E-state index in [0.717, 1.165) is 41.4 Å². The standard InChI is InChI=1S/C12H14BrN3O/c1-16-5-4-8-9(7-16)11(3-2-10(8)13)15-12(17)6-14/h2-3,6,14H,4-5,7H2,1H3,(H,15,17). The predicted molar refractivity (Wildman–Crippen MR) is 71.6 cm³/mol. The van der Waals surface area contributed by atoms with Crippen LogP contribution in [-0.2, 0) is 17.8 Å². The minimum absolute atomic E-state index is 0.386. The van der Waals surface area contributed by atoms with Crippen molar-refractivity contribution >= 4 is 33.7 Å². The highest BCUT2D eigenvalue weighted by Crippen LogP contribution is 2.31. The second-order valence-electron chi connectivity index (χ2n) is 4.17. The van der Waals surface area contributed by atoms with Crippen LogP contribution >= 0.6 is 15.9 Å². The van der Waals surface area contributed by atoms with Gasteiger partial charge in [0.2, 0.25) is 0 Å². The normalized spacial score (nSPS) is 15.2. The smallest absolute Gasteiger partial charge is 0.266 e. The van der Waals surface area contributed by atoms with Crippen LogP contribution in [0, 0.1) is 5.41 Å². The Morgan fingerprint density at radius 2 is 2.29 bits per heavy atom. The van der Waals surface area contributed by atoms with Crippen molar-refractivity contribution in [3.63, 3.8) is 0 Å². The molecule has 0 aliphatic carbocycles. The SMILES string of the molecule is CN1CCc2c(Br)ccc(NC(=O)C=N)c2C1. The molecule has 0 aromatic heterocycles. The van der Waals surface area contributed by atoms with Crippen LogP contribution in [0.25, 0.3) is 0 Å². The third-order valence-corrected chi connectivity index (χ3v) is 3.68. The molecule has 0 bridgehead atoms. The summed E-state index contributed by atoms with van der Waals surface area (Å²) in [4.78, 5) is 13.5. The van der Waals surface area contributed by atoms with Crippen molar-refractivity contribution in [3.05, 3.63) is 27.7 Å². The summed E-state index contributed by atoms with van der Waals surface area (Å²) in [5.41, 5.74) is 3.21. The number of carbonyl (C=O) groups excluding carboxylic acids is 1. The lowest BCUT2D eigenvalue weighted by Gasteiger charge is -2.27. The van der Waals surface area contributed by atoms with Gasteiger partial charge in [0.15, 0.2) is 0 Å². The molecule has 1 amide bonds. The molecule has 4 nitrogen and oxygen atoms in total. The fraction of sp³-hybridized carbons (Fsp3) is 0.333. The molecular weight excluding hydrogens is 282 g/mol. The topological polar surface area (TPSA) is 56.2 Å². The van der Waals surface area contributed by atoms with Crippen molar-refractivity contribution in [2.45, 2.75) is 13.0 Å². The van der Waals surface area contributed by atoms with Crippen molar-refractivity contribution in [1.29, 1.82) is 5.41 Å². The summed E-state index contributed by atoms with van der Waals surface area (Å²) in [7, 11) is 2.06. The monoisotopic (exact) mass is 295 g/mol. The Kier molecular flexibility index (Phi) is 3.59. The molecule has 0 fully saturated rings. The van der Waals surface area contributed by atoms with E-state index in [1.54, 1.807) is 0 Å². The molecule has 1 aliphatic heterocycles. The number of nitrogens with one attached hydrogen (secondary N) is 2. The van der Waals surface area contributed by atoms with Crippen LogP contribution in [0.2, 0.25) is 0 Å². The molecule has 1 aromatic rings. The van der Waals surface area contributed by atoms with Crippen LogP contribution in [0.3, 0.4) is 0 Å². The molecule has 1 aromatic carbocycles. The number of amides is 1. The number of anilines is 1. The van der Waals surface area contributed by atoms with E-state index in [9.17, 15) is 4.79 Å². The molecule has 0 saturated carbocycles. The lowest BCUT2D eigenvalue weighted by atomic mass is 9.98. The van der Waals surface area contributed by atoms with Crippen LogP contribution < -0.4 is 5.32 Å². The highest BCUT2D eigenvalue weighted by atomic mass is 79.9. The van der Waals surface area contributed by atoms with Crippen LogP contribution in [-0.4, -0.2) is 30.6 Å². The Morgan fingerprint density at radius 3 is 3.00 bits per heavy atom. The van der Waals surface area contributed by atoms with Crippen LogP contribution in [0.1, 0.15) is 11.1 Å². The third kappa shape index (κ3) is 2.56. The minimum Gasteiger partial charge on any atom is -0.321 e. The summed E-state index contributed by atoms with van der Waals surface area (Å²) >= 11 is 3.54. The van der Waals surface area contributed by atoms with E-state index in [1.807, 2.05) is 12.1 Å². The first-order chi connectivity index (χ1) is 8.11. The number of hydrogen-bond donors (Lipinski definition) is 2. The molecule has 90 valence electrons. The zero-order valence-corrected chi connectivity index (χ0v) is 11.2. The van der Waals surface area contributed by atoms with Gasteiger partial charge < -0.3 is 15.6 Å². The van der Waals surface area contributed by atoms with Crippen LogP contribution in [0.4, 0.5) is 5.69 Å². The van der Waals surface area contributed by atoms with E-state index in [1.165, 1.54) is 5.56 Å². The van der Waals surface area contributed by atoms with Crippen molar-refractivity contribution < 1.29 is 4.79 Å². The average molecular weight is 296 g/mol. The fourth-order valence-electron chi connectivity index (χ4n) is 2.05. The van der Waals surface area contributed by atoms with Gasteiger partial charge in [0, 0.05) is 23.2 Å². The van der Waals surface area contributed by atoms with Gasteiger partial charge in [-0.05, 0) is 36.7 Å². The summed E-state index contributed by atoms with van der Waals surface area (Å²) in [6.45, 7) is 1.84. The Balaban J connectivity index is 2.40. The number of likely N-dealkylation sites (N-methyl/N-ethyl adjacent to an activating group) is 1. The van der Waals surface area contributed by atoms with E-state index in [2.05, 4.69) is 33.2 Å². The highest BCUT2D eigenvalue weighted by Gasteiger charge is 2.19. The first-order valence-corrected chi connectivity index (χ1v) is 6.21. The number of benzene rings is 1. The lowest BCUT2D eigenvalue weighted by Crippen LogP contribution is -2.28. The largest absolute Gasteiger partial charge is 0.321 e. The average Bonchev–Trinajstić information content (AvgIpc) is 2.32. The molecule has 1 aliphatic rings. The van der Waals surface area contributed by atoms with Crippen molar-refractivity contribution in [2.75, 3.05) is 18.9 Å². The summed E-state index contributed by atoms with van der Waals surface area (Å²) in [5.74, 6) is -0.386. The van der Waals surface area contributed by atoms with Gasteiger partial charge >= 0.3 is 0 Å². The molecule has 0 unspecified atom stereocenters. The van der Waals surface area contributed by atoms with Gasteiger partial charge in [0.1, 0.15) is 0 Å². The first-order valence-electron chi connectivity index (χ1n) is 5.42. The molecule has 5 heteroatoms. The maximum absolute atomic E-state index is 11.3. The van der Waals surface area contributed by atoms with Crippen LogP contribution in [0.15, 0.2) is 16.6 Å². The van der Waals surface area contributed by atoms with Crippen molar-refractivity contribution in [2.24, 2.45) is 0 Å². The molecule has 2 rings (SSSR count). The second-order valence-corrected chi connectivity index (χ2v) is 5.03. The van der Waals surface area contributed by atoms with Gasteiger partial charge in [-0.3, -0.25) is 4.79 Å². The molecule has 0 radical (unpaired) electrons. The van der Waals surface area contributed by atoms with Crippen molar-refractivity contribution in [1.82, 2.24) is 4.90 Å². The number of fused-ring (bicyclic) bond motifs is 1. The van der Waals surface area contributed by atoms with Crippen molar-refractivity contribution in [3.8, 4) is 0 Å². The van der Waals surface area contributed by atoms with E-state index in [4.69, 9.17) is 5.41 Å². The molecule has 0 spiro atoms. The minimum atomic E-state index is -0.386. The predicted octanol–water partition coefficient (Wildman–Crippen LogP) is 2.03. The Morgan fingerprint density at radius 1 is 1.53 bits per heavy atom. The van der Waals surface area contributed by atoms with Crippen LogP contribution in [0.5, 0.6) is 0 Å². The van der Waals surface area contributed by atoms with E-state index < -0.39 is 0 Å². The zero-order valence-electron chi connectivity index (χ0n) is 9.59. The Bertz CT molecular complexity index is 473. The second kappa shape index (κ2) is 4.98. The van der Waals surface area contributed by atoms with Gasteiger partial charge in [0.05, 0.1) is 6.21 Å². The number of hydrogen-bond acceptors (Lipinski definition) is 3. The Labute approximate surface area is 109 Å². The number of nitrogens with zero attached hydrogens (tertiary/aromatic N) is 1. The summed E-state index contributed by atoms with van der Waals surface area (Å²) in [5, 5.41) is 9.66. The maximum atomic E-state index is 11.3. The third-order valence-electron chi connectivity index (χ3n) is 2.93.